The van der Waals surface area contributed by atoms with Crippen LogP contribution in [-0.4, -0.2) is 58.5 Å². The number of aryl methyl sites for hydroxylation is 1. The van der Waals surface area contributed by atoms with Crippen LogP contribution in [0, 0.1) is 18.3 Å². The van der Waals surface area contributed by atoms with E-state index in [0.29, 0.717) is 34.9 Å². The summed E-state index contributed by atoms with van der Waals surface area (Å²) in [7, 11) is 1.66. The fourth-order valence-electron chi connectivity index (χ4n) is 5.18. The summed E-state index contributed by atoms with van der Waals surface area (Å²) in [6, 6.07) is 10.3. The smallest absolute Gasteiger partial charge is 0.383 e. The Morgan fingerprint density at radius 3 is 2.68 bits per heavy atom. The van der Waals surface area contributed by atoms with Crippen molar-refractivity contribution in [2.75, 3.05) is 32.1 Å². The summed E-state index contributed by atoms with van der Waals surface area (Å²) in [5, 5.41) is 14.8. The van der Waals surface area contributed by atoms with Crippen LogP contribution in [0.1, 0.15) is 34.5 Å². The minimum atomic E-state index is -4.25. The largest absolute Gasteiger partial charge is 0.393 e. The molecule has 0 aliphatic carbocycles. The van der Waals surface area contributed by atoms with Crippen molar-refractivity contribution in [1.29, 1.82) is 5.26 Å². The second-order valence-electron chi connectivity index (χ2n) is 9.71. The topological polar surface area (TPSA) is 79.0 Å². The molecule has 4 heterocycles. The first kappa shape index (κ1) is 26.4. The number of aromatic nitrogens is 3. The van der Waals surface area contributed by atoms with Gasteiger partial charge in [0.15, 0.2) is 0 Å². The lowest BCUT2D eigenvalue weighted by molar-refractivity contribution is -0.126. The van der Waals surface area contributed by atoms with E-state index in [-0.39, 0.29) is 10.9 Å². The zero-order chi connectivity index (χ0) is 26.9. The van der Waals surface area contributed by atoms with Crippen LogP contribution in [0.25, 0.3) is 21.1 Å². The number of benzene rings is 1. The van der Waals surface area contributed by atoms with Crippen LogP contribution in [0.4, 0.5) is 19.0 Å². The second-order valence-corrected chi connectivity index (χ2v) is 10.8. The molecule has 1 fully saturated rings. The Bertz CT molecular complexity index is 1480. The number of piperidine rings is 1. The van der Waals surface area contributed by atoms with Crippen LogP contribution in [0.3, 0.4) is 0 Å². The number of likely N-dealkylation sites (tertiary alicyclic amines) is 1. The molecule has 0 amide bonds. The maximum Gasteiger partial charge on any atom is 0.393 e. The number of alkyl halides is 3. The molecule has 3 aromatic heterocycles. The van der Waals surface area contributed by atoms with E-state index in [1.165, 1.54) is 17.5 Å². The molecule has 200 valence electrons. The highest BCUT2D eigenvalue weighted by Crippen LogP contribution is 2.33. The zero-order valence-corrected chi connectivity index (χ0v) is 22.1. The predicted molar refractivity (Wildman–Crippen MR) is 142 cm³/mol. The number of thiophene rings is 1. The van der Waals surface area contributed by atoms with Gasteiger partial charge in [-0.25, -0.2) is 9.97 Å². The highest BCUT2D eigenvalue weighted by molar-refractivity contribution is 7.18. The molecule has 1 aliphatic rings. The summed E-state index contributed by atoms with van der Waals surface area (Å²) in [5.74, 6) is 0.603. The van der Waals surface area contributed by atoms with Gasteiger partial charge in [-0.15, -0.1) is 11.3 Å². The molecule has 0 radical (unpaired) electrons. The lowest BCUT2D eigenvalue weighted by Crippen LogP contribution is -2.39. The van der Waals surface area contributed by atoms with Gasteiger partial charge in [0.25, 0.3) is 0 Å². The van der Waals surface area contributed by atoms with Crippen molar-refractivity contribution < 1.29 is 17.9 Å². The monoisotopic (exact) mass is 542 g/mol. The first-order valence-corrected chi connectivity index (χ1v) is 13.4. The highest BCUT2D eigenvalue weighted by Gasteiger charge is 2.29. The number of methoxy groups -OCH3 is 1. The molecular formula is C27H29F3N6OS. The third-order valence-electron chi connectivity index (χ3n) is 7.18. The number of anilines is 1. The van der Waals surface area contributed by atoms with Gasteiger partial charge in [0.1, 0.15) is 28.7 Å². The molecule has 0 unspecified atom stereocenters. The van der Waals surface area contributed by atoms with Crippen molar-refractivity contribution in [3.8, 4) is 6.07 Å². The average molecular weight is 543 g/mol. The number of nitrogens with one attached hydrogen (secondary N) is 1. The molecule has 1 aliphatic heterocycles. The Labute approximate surface area is 222 Å². The Morgan fingerprint density at radius 2 is 1.97 bits per heavy atom. The van der Waals surface area contributed by atoms with Crippen molar-refractivity contribution in [3.63, 3.8) is 0 Å². The molecule has 0 atom stereocenters. The van der Waals surface area contributed by atoms with Crippen LogP contribution in [0.5, 0.6) is 0 Å². The molecular weight excluding hydrogens is 513 g/mol. The summed E-state index contributed by atoms with van der Waals surface area (Å²) < 4.78 is 45.8. The Morgan fingerprint density at radius 1 is 1.18 bits per heavy atom. The molecule has 5 rings (SSSR count). The molecule has 7 nitrogen and oxygen atoms in total. The third-order valence-corrected chi connectivity index (χ3v) is 8.22. The first-order chi connectivity index (χ1) is 18.3. The Kier molecular flexibility index (Phi) is 7.56. The Balaban J connectivity index is 1.24. The van der Waals surface area contributed by atoms with Crippen molar-refractivity contribution in [3.05, 3.63) is 52.3 Å². The van der Waals surface area contributed by atoms with Crippen LogP contribution in [-0.2, 0) is 24.2 Å². The van der Waals surface area contributed by atoms with E-state index >= 15 is 0 Å². The van der Waals surface area contributed by atoms with Crippen molar-refractivity contribution >= 4 is 38.3 Å². The lowest BCUT2D eigenvalue weighted by atomic mass is 10.0. The van der Waals surface area contributed by atoms with Gasteiger partial charge in [0.2, 0.25) is 0 Å². The van der Waals surface area contributed by atoms with E-state index in [2.05, 4.69) is 45.3 Å². The molecule has 0 saturated carbocycles. The van der Waals surface area contributed by atoms with Crippen molar-refractivity contribution in [2.24, 2.45) is 0 Å². The van der Waals surface area contributed by atoms with Crippen molar-refractivity contribution in [2.45, 2.75) is 51.5 Å². The van der Waals surface area contributed by atoms with E-state index in [4.69, 9.17) is 4.74 Å². The molecule has 1 N–H and O–H groups in total. The molecule has 1 aromatic carbocycles. The fourth-order valence-corrected chi connectivity index (χ4v) is 6.21. The zero-order valence-electron chi connectivity index (χ0n) is 21.3. The second kappa shape index (κ2) is 10.9. The van der Waals surface area contributed by atoms with Gasteiger partial charge in [-0.2, -0.15) is 18.4 Å². The number of nitriles is 1. The van der Waals surface area contributed by atoms with E-state index in [9.17, 15) is 18.4 Å². The lowest BCUT2D eigenvalue weighted by Gasteiger charge is -2.33. The number of ether oxygens (including phenoxy) is 1. The molecule has 4 aromatic rings. The first-order valence-electron chi connectivity index (χ1n) is 12.6. The van der Waals surface area contributed by atoms with Crippen molar-refractivity contribution in [1.82, 2.24) is 19.4 Å². The summed E-state index contributed by atoms with van der Waals surface area (Å²) in [4.78, 5) is 11.7. The number of hydrogen-bond donors (Lipinski definition) is 1. The number of halogens is 3. The van der Waals surface area contributed by atoms with E-state index in [1.807, 2.05) is 10.6 Å². The summed E-state index contributed by atoms with van der Waals surface area (Å²) in [5.41, 5.74) is 4.11. The number of hydrogen-bond acceptors (Lipinski definition) is 7. The highest BCUT2D eigenvalue weighted by atomic mass is 32.1. The third kappa shape index (κ3) is 5.62. The van der Waals surface area contributed by atoms with E-state index < -0.39 is 12.6 Å². The normalized spacial score (nSPS) is 15.4. The minimum Gasteiger partial charge on any atom is -0.383 e. The van der Waals surface area contributed by atoms with Gasteiger partial charge in [0.05, 0.1) is 18.4 Å². The fraction of sp³-hybridized carbons (Fsp3) is 0.444. The average Bonchev–Trinajstić information content (AvgIpc) is 3.45. The summed E-state index contributed by atoms with van der Waals surface area (Å²) in [6.45, 7) is 5.90. The molecule has 1 saturated heterocycles. The van der Waals surface area contributed by atoms with Crippen LogP contribution < -0.4 is 5.32 Å². The molecule has 11 heteroatoms. The number of nitrogens with zero attached hydrogens (tertiary/aromatic N) is 5. The predicted octanol–water partition coefficient (Wildman–Crippen LogP) is 5.65. The summed E-state index contributed by atoms with van der Waals surface area (Å²) in [6.07, 6.45) is -1.99. The van der Waals surface area contributed by atoms with Gasteiger partial charge < -0.3 is 14.6 Å². The minimum absolute atomic E-state index is 0.187. The van der Waals surface area contributed by atoms with E-state index in [0.717, 1.165) is 54.7 Å². The SMILES string of the molecule is COCCn1c(C#N)cc2c(C)c(CN3CCC(Nc4ncnc5sc(CC(F)(F)F)cc45)CC3)ccc21. The maximum absolute atomic E-state index is 12.8. The van der Waals surface area contributed by atoms with Gasteiger partial charge in [-0.3, -0.25) is 4.90 Å². The van der Waals surface area contributed by atoms with E-state index in [1.54, 1.807) is 13.2 Å². The molecule has 38 heavy (non-hydrogen) atoms. The van der Waals surface area contributed by atoms with Crippen LogP contribution in [0.15, 0.2) is 30.6 Å². The Hall–Kier alpha value is -3.20. The molecule has 0 spiro atoms. The maximum atomic E-state index is 12.8. The number of fused-ring (bicyclic) bond motifs is 2. The van der Waals surface area contributed by atoms with Crippen LogP contribution >= 0.6 is 11.3 Å². The summed E-state index contributed by atoms with van der Waals surface area (Å²) >= 11 is 1.07. The van der Waals surface area contributed by atoms with Crippen LogP contribution in [0.2, 0.25) is 0 Å². The van der Waals surface area contributed by atoms with Gasteiger partial charge >= 0.3 is 6.18 Å². The standard InChI is InChI=1S/C27H29F3N6OS/c1-17-18(3-4-24-22(17)11-20(14-31)36(24)9-10-37-2)15-35-7-5-19(6-8-35)34-25-23-12-21(13-27(28,29)30)38-26(23)33-16-32-25/h3-4,11-12,16,19H,5-10,13,15H2,1-2H3,(H,32,33,34). The quantitative estimate of drug-likeness (QED) is 0.310. The number of rotatable bonds is 8. The van der Waals surface area contributed by atoms with Gasteiger partial charge in [-0.05, 0) is 49.1 Å². The van der Waals surface area contributed by atoms with Gasteiger partial charge in [-0.1, -0.05) is 6.07 Å². The van der Waals surface area contributed by atoms with Gasteiger partial charge in [0, 0.05) is 55.1 Å². The molecule has 0 bridgehead atoms.